The third-order valence-electron chi connectivity index (χ3n) is 6.04. The lowest BCUT2D eigenvalue weighted by Gasteiger charge is -2.27. The number of benzene rings is 2. The SMILES string of the molecule is CCCCOc1ccc(-c2nn(-c3ccccc3)cc2C2NC(=O)NC(C)=C2C(=O)OCC)cc1C. The summed E-state index contributed by atoms with van der Waals surface area (Å²) >= 11 is 0. The molecule has 0 spiro atoms. The number of esters is 1. The molecule has 2 aromatic carbocycles. The molecule has 2 heterocycles. The molecule has 8 heteroatoms. The van der Waals surface area contributed by atoms with Crippen LogP contribution in [0.1, 0.15) is 50.8 Å². The summed E-state index contributed by atoms with van der Waals surface area (Å²) in [6, 6.07) is 14.5. The Morgan fingerprint density at radius 1 is 1.11 bits per heavy atom. The smallest absolute Gasteiger partial charge is 0.338 e. The van der Waals surface area contributed by atoms with Crippen molar-refractivity contribution in [2.75, 3.05) is 13.2 Å². The van der Waals surface area contributed by atoms with E-state index >= 15 is 0 Å². The van der Waals surface area contributed by atoms with Crippen molar-refractivity contribution < 1.29 is 19.1 Å². The topological polar surface area (TPSA) is 94.5 Å². The summed E-state index contributed by atoms with van der Waals surface area (Å²) in [5.74, 6) is 0.344. The first-order valence-corrected chi connectivity index (χ1v) is 12.3. The number of ether oxygens (including phenoxy) is 2. The van der Waals surface area contributed by atoms with Crippen LogP contribution < -0.4 is 15.4 Å². The quantitative estimate of drug-likeness (QED) is 0.318. The number of para-hydroxylation sites is 1. The second-order valence-electron chi connectivity index (χ2n) is 8.69. The number of aryl methyl sites for hydroxylation is 1. The fourth-order valence-electron chi connectivity index (χ4n) is 4.23. The Balaban J connectivity index is 1.83. The number of rotatable bonds is 9. The van der Waals surface area contributed by atoms with E-state index < -0.39 is 12.0 Å². The van der Waals surface area contributed by atoms with Crippen molar-refractivity contribution in [1.82, 2.24) is 20.4 Å². The molecule has 0 saturated heterocycles. The number of hydrogen-bond donors (Lipinski definition) is 2. The predicted molar refractivity (Wildman–Crippen MR) is 138 cm³/mol. The summed E-state index contributed by atoms with van der Waals surface area (Å²) in [7, 11) is 0. The molecule has 188 valence electrons. The van der Waals surface area contributed by atoms with Gasteiger partial charge in [-0.25, -0.2) is 14.3 Å². The summed E-state index contributed by atoms with van der Waals surface area (Å²) in [6.45, 7) is 8.47. The molecule has 2 amide bonds. The molecule has 1 atom stereocenters. The van der Waals surface area contributed by atoms with Gasteiger partial charge in [-0.2, -0.15) is 5.10 Å². The highest BCUT2D eigenvalue weighted by Crippen LogP contribution is 2.36. The molecule has 1 aromatic heterocycles. The van der Waals surface area contributed by atoms with Crippen molar-refractivity contribution in [3.05, 3.63) is 77.1 Å². The van der Waals surface area contributed by atoms with Crippen LogP contribution in [-0.4, -0.2) is 35.0 Å². The van der Waals surface area contributed by atoms with E-state index in [0.29, 0.717) is 29.1 Å². The lowest BCUT2D eigenvalue weighted by molar-refractivity contribution is -0.139. The van der Waals surface area contributed by atoms with Gasteiger partial charge in [0.25, 0.3) is 0 Å². The molecule has 36 heavy (non-hydrogen) atoms. The van der Waals surface area contributed by atoms with E-state index in [-0.39, 0.29) is 12.6 Å². The van der Waals surface area contributed by atoms with Crippen LogP contribution in [-0.2, 0) is 9.53 Å². The van der Waals surface area contributed by atoms with Gasteiger partial charge in [0.1, 0.15) is 5.75 Å². The zero-order valence-electron chi connectivity index (χ0n) is 21.1. The zero-order valence-corrected chi connectivity index (χ0v) is 21.1. The predicted octanol–water partition coefficient (Wildman–Crippen LogP) is 5.22. The molecule has 1 aliphatic heterocycles. The first kappa shape index (κ1) is 25.0. The van der Waals surface area contributed by atoms with Crippen LogP contribution in [0.3, 0.4) is 0 Å². The second-order valence-corrected chi connectivity index (χ2v) is 8.69. The maximum absolute atomic E-state index is 12.9. The van der Waals surface area contributed by atoms with Gasteiger partial charge < -0.3 is 20.1 Å². The Morgan fingerprint density at radius 2 is 1.89 bits per heavy atom. The molecule has 4 rings (SSSR count). The van der Waals surface area contributed by atoms with Crippen molar-refractivity contribution in [1.29, 1.82) is 0 Å². The Bertz CT molecular complexity index is 1280. The number of urea groups is 1. The van der Waals surface area contributed by atoms with Crippen molar-refractivity contribution in [2.24, 2.45) is 0 Å². The molecule has 0 saturated carbocycles. The first-order valence-electron chi connectivity index (χ1n) is 12.3. The second kappa shape index (κ2) is 11.1. The lowest BCUT2D eigenvalue weighted by atomic mass is 9.93. The summed E-state index contributed by atoms with van der Waals surface area (Å²) < 4.78 is 13.0. The number of unbranched alkanes of at least 4 members (excludes halogenated alkanes) is 1. The van der Waals surface area contributed by atoms with E-state index in [1.54, 1.807) is 18.5 Å². The third kappa shape index (κ3) is 5.27. The van der Waals surface area contributed by atoms with E-state index in [1.807, 2.05) is 61.7 Å². The van der Waals surface area contributed by atoms with Gasteiger partial charge in [0.2, 0.25) is 0 Å². The summed E-state index contributed by atoms with van der Waals surface area (Å²) in [5, 5.41) is 10.5. The highest BCUT2D eigenvalue weighted by molar-refractivity contribution is 5.95. The highest BCUT2D eigenvalue weighted by Gasteiger charge is 2.35. The highest BCUT2D eigenvalue weighted by atomic mass is 16.5. The number of amides is 2. The van der Waals surface area contributed by atoms with Gasteiger partial charge in [0.05, 0.1) is 36.2 Å². The summed E-state index contributed by atoms with van der Waals surface area (Å²) in [4.78, 5) is 25.4. The monoisotopic (exact) mass is 488 g/mol. The largest absolute Gasteiger partial charge is 0.493 e. The molecule has 0 aliphatic carbocycles. The van der Waals surface area contributed by atoms with Gasteiger partial charge in [0.15, 0.2) is 0 Å². The Morgan fingerprint density at radius 3 is 2.58 bits per heavy atom. The molecule has 3 aromatic rings. The molecular weight excluding hydrogens is 456 g/mol. The van der Waals surface area contributed by atoms with Crippen LogP contribution in [0, 0.1) is 6.92 Å². The van der Waals surface area contributed by atoms with Crippen LogP contribution in [0.5, 0.6) is 5.75 Å². The van der Waals surface area contributed by atoms with E-state index in [0.717, 1.165) is 35.4 Å². The Hall–Kier alpha value is -4.07. The van der Waals surface area contributed by atoms with Crippen molar-refractivity contribution in [2.45, 2.75) is 46.6 Å². The molecule has 1 aliphatic rings. The minimum Gasteiger partial charge on any atom is -0.493 e. The summed E-state index contributed by atoms with van der Waals surface area (Å²) in [5.41, 5.74) is 4.85. The number of carbonyl (C=O) groups excluding carboxylic acids is 2. The maximum atomic E-state index is 12.9. The molecule has 1 unspecified atom stereocenters. The zero-order chi connectivity index (χ0) is 25.7. The van der Waals surface area contributed by atoms with E-state index in [4.69, 9.17) is 14.6 Å². The average molecular weight is 489 g/mol. The molecule has 0 bridgehead atoms. The molecule has 0 radical (unpaired) electrons. The number of carbonyl (C=O) groups is 2. The number of aromatic nitrogens is 2. The third-order valence-corrected chi connectivity index (χ3v) is 6.04. The van der Waals surface area contributed by atoms with Gasteiger partial charge in [-0.1, -0.05) is 31.5 Å². The van der Waals surface area contributed by atoms with Crippen LogP contribution in [0.2, 0.25) is 0 Å². The summed E-state index contributed by atoms with van der Waals surface area (Å²) in [6.07, 6.45) is 3.91. The number of allylic oxidation sites excluding steroid dienone is 1. The van der Waals surface area contributed by atoms with E-state index in [1.165, 1.54) is 0 Å². The van der Waals surface area contributed by atoms with Gasteiger partial charge >= 0.3 is 12.0 Å². The van der Waals surface area contributed by atoms with E-state index in [9.17, 15) is 9.59 Å². The number of hydrogen-bond acceptors (Lipinski definition) is 5. The van der Waals surface area contributed by atoms with Crippen LogP contribution >= 0.6 is 0 Å². The van der Waals surface area contributed by atoms with E-state index in [2.05, 4.69) is 17.6 Å². The fraction of sp³-hybridized carbons (Fsp3) is 0.321. The standard InChI is InChI=1S/C28H32N4O4/c1-5-7-15-36-23-14-13-20(16-18(23)3)25-22(17-32(31-25)21-11-9-8-10-12-21)26-24(27(33)35-6-2)19(4)29-28(34)30-26/h8-14,16-17,26H,5-7,15H2,1-4H3,(H2,29,30,34). The Labute approximate surface area is 211 Å². The first-order chi connectivity index (χ1) is 17.4. The van der Waals surface area contributed by atoms with Crippen molar-refractivity contribution in [3.8, 4) is 22.7 Å². The minimum atomic E-state index is -0.731. The average Bonchev–Trinajstić information content (AvgIpc) is 3.31. The fourth-order valence-corrected chi connectivity index (χ4v) is 4.23. The minimum absolute atomic E-state index is 0.227. The van der Waals surface area contributed by atoms with Gasteiger partial charge in [-0.15, -0.1) is 0 Å². The van der Waals surface area contributed by atoms with Gasteiger partial charge in [-0.05, 0) is 63.1 Å². The normalized spacial score (nSPS) is 15.3. The van der Waals surface area contributed by atoms with Crippen molar-refractivity contribution in [3.63, 3.8) is 0 Å². The lowest BCUT2D eigenvalue weighted by Crippen LogP contribution is -2.45. The van der Waals surface area contributed by atoms with Crippen LogP contribution in [0.25, 0.3) is 16.9 Å². The van der Waals surface area contributed by atoms with Gasteiger partial charge in [-0.3, -0.25) is 0 Å². The molecule has 0 fully saturated rings. The van der Waals surface area contributed by atoms with Crippen LogP contribution in [0.15, 0.2) is 66.0 Å². The molecule has 8 nitrogen and oxygen atoms in total. The maximum Gasteiger partial charge on any atom is 0.338 e. The van der Waals surface area contributed by atoms with Crippen LogP contribution in [0.4, 0.5) is 4.79 Å². The molecule has 2 N–H and O–H groups in total. The molecular formula is C28H32N4O4. The van der Waals surface area contributed by atoms with Crippen molar-refractivity contribution >= 4 is 12.0 Å². The number of nitrogens with one attached hydrogen (secondary N) is 2. The van der Waals surface area contributed by atoms with Gasteiger partial charge in [0, 0.05) is 23.0 Å². The number of nitrogens with zero attached hydrogens (tertiary/aromatic N) is 2. The Kier molecular flexibility index (Phi) is 7.73.